The first-order valence-electron chi connectivity index (χ1n) is 12.5. The van der Waals surface area contributed by atoms with E-state index in [2.05, 4.69) is 21.4 Å². The molecule has 0 bridgehead atoms. The number of carbonyl (C=O) groups excluding carboxylic acids is 1. The Morgan fingerprint density at radius 3 is 2.59 bits per heavy atom. The smallest absolute Gasteiger partial charge is 0.248 e. The summed E-state index contributed by atoms with van der Waals surface area (Å²) >= 11 is 0. The molecule has 1 N–H and O–H groups in total. The maximum absolute atomic E-state index is 12.7. The fourth-order valence-electron chi connectivity index (χ4n) is 3.87. The van der Waals surface area contributed by atoms with E-state index in [-0.39, 0.29) is 12.5 Å². The van der Waals surface area contributed by atoms with Crippen LogP contribution in [0.1, 0.15) is 18.2 Å². The van der Waals surface area contributed by atoms with Crippen molar-refractivity contribution in [1.82, 2.24) is 14.9 Å². The Morgan fingerprint density at radius 2 is 1.90 bits per heavy atom. The van der Waals surface area contributed by atoms with Crippen LogP contribution < -0.4 is 15.1 Å². The molecule has 4 aromatic rings. The number of pyridine rings is 2. The van der Waals surface area contributed by atoms with Gasteiger partial charge in [0.1, 0.15) is 18.4 Å². The largest absolute Gasteiger partial charge is 0.492 e. The molecule has 9 nitrogen and oxygen atoms in total. The molecule has 39 heavy (non-hydrogen) atoms. The first-order valence-corrected chi connectivity index (χ1v) is 12.5. The number of amides is 1. The van der Waals surface area contributed by atoms with Gasteiger partial charge in [0.2, 0.25) is 5.91 Å². The molecular formula is C30H30N6O3. The summed E-state index contributed by atoms with van der Waals surface area (Å²) in [7, 11) is 3.85. The minimum absolute atomic E-state index is 0.168. The van der Waals surface area contributed by atoms with Crippen LogP contribution in [-0.2, 0) is 16.2 Å². The number of nitrogens with one attached hydrogen (secondary N) is 1. The molecule has 1 amide bonds. The molecule has 9 heteroatoms. The lowest BCUT2D eigenvalue weighted by Gasteiger charge is -2.26. The van der Waals surface area contributed by atoms with Crippen LogP contribution in [0.25, 0.3) is 10.9 Å². The third kappa shape index (κ3) is 6.96. The summed E-state index contributed by atoms with van der Waals surface area (Å²) < 4.78 is 5.83. The zero-order chi connectivity index (χ0) is 27.6. The minimum Gasteiger partial charge on any atom is -0.492 e. The van der Waals surface area contributed by atoms with Gasteiger partial charge in [-0.1, -0.05) is 30.3 Å². The van der Waals surface area contributed by atoms with Gasteiger partial charge in [0.15, 0.2) is 0 Å². The highest BCUT2D eigenvalue weighted by Crippen LogP contribution is 2.39. The van der Waals surface area contributed by atoms with E-state index in [1.807, 2.05) is 74.4 Å². The van der Waals surface area contributed by atoms with E-state index in [1.165, 1.54) is 12.3 Å². The molecule has 0 unspecified atom stereocenters. The number of carbonyl (C=O) groups is 1. The molecule has 0 aliphatic rings. The van der Waals surface area contributed by atoms with Crippen molar-refractivity contribution in [3.05, 3.63) is 96.5 Å². The van der Waals surface area contributed by atoms with Crippen molar-refractivity contribution in [2.45, 2.75) is 13.5 Å². The number of para-hydroxylation sites is 1. The first-order chi connectivity index (χ1) is 19.0. The van der Waals surface area contributed by atoms with Crippen LogP contribution in [0, 0.1) is 11.3 Å². The minimum atomic E-state index is -0.297. The molecule has 0 spiro atoms. The maximum atomic E-state index is 12.7. The van der Waals surface area contributed by atoms with Crippen molar-refractivity contribution in [1.29, 1.82) is 5.26 Å². The second kappa shape index (κ2) is 13.1. The lowest BCUT2D eigenvalue weighted by Crippen LogP contribution is -2.20. The monoisotopic (exact) mass is 522 g/mol. The van der Waals surface area contributed by atoms with Gasteiger partial charge in [0.05, 0.1) is 40.4 Å². The average molecular weight is 523 g/mol. The second-order valence-electron chi connectivity index (χ2n) is 8.81. The van der Waals surface area contributed by atoms with Gasteiger partial charge in [-0.3, -0.25) is 19.6 Å². The summed E-state index contributed by atoms with van der Waals surface area (Å²) in [6, 6.07) is 20.8. The predicted molar refractivity (Wildman–Crippen MR) is 152 cm³/mol. The topological polar surface area (TPSA) is 104 Å². The molecule has 2 aromatic heterocycles. The van der Waals surface area contributed by atoms with Gasteiger partial charge >= 0.3 is 0 Å². The predicted octanol–water partition coefficient (Wildman–Crippen LogP) is 5.23. The number of aromatic nitrogens is 2. The summed E-state index contributed by atoms with van der Waals surface area (Å²) in [5.74, 6) is 0.178. The third-order valence-corrected chi connectivity index (χ3v) is 5.62. The van der Waals surface area contributed by atoms with Gasteiger partial charge in [-0.15, -0.1) is 0 Å². The van der Waals surface area contributed by atoms with Gasteiger partial charge in [-0.05, 0) is 51.4 Å². The number of rotatable bonds is 11. The number of ether oxygens (including phenoxy) is 1. The average Bonchev–Trinajstić information content (AvgIpc) is 2.94. The molecule has 198 valence electrons. The summed E-state index contributed by atoms with van der Waals surface area (Å²) in [5, 5.41) is 15.2. The van der Waals surface area contributed by atoms with Crippen molar-refractivity contribution in [3.8, 4) is 11.8 Å². The fraction of sp³-hybridized carbons (Fsp3) is 0.200. The number of anilines is 3. The SMILES string of the molecule is CCOc1cc2ncc(C#N)c(N(OCc3ccccn3)c3ccccc3)c2cc1NC(=O)/C=C/CN(C)C. The van der Waals surface area contributed by atoms with Crippen molar-refractivity contribution >= 4 is 33.9 Å². The number of likely N-dealkylation sites (N-methyl/N-ethyl adjacent to an activating group) is 1. The number of fused-ring (bicyclic) bond motifs is 1. The van der Waals surface area contributed by atoms with Crippen LogP contribution in [0.15, 0.2) is 85.2 Å². The molecule has 0 radical (unpaired) electrons. The standard InChI is InChI=1S/C30H30N6O3/c1-4-38-28-18-26-25(17-27(28)34-29(37)14-10-16-35(2)3)30(22(19-31)20-33-26)36(24-12-6-5-7-13-24)39-21-23-11-8-9-15-32-23/h5-15,17-18,20H,4,16,21H2,1-3H3,(H,34,37)/b14-10+. The number of hydrogen-bond donors (Lipinski definition) is 1. The molecule has 0 aliphatic heterocycles. The Balaban J connectivity index is 1.83. The Bertz CT molecular complexity index is 1480. The van der Waals surface area contributed by atoms with E-state index in [0.717, 1.165) is 5.69 Å². The van der Waals surface area contributed by atoms with Crippen LogP contribution >= 0.6 is 0 Å². The van der Waals surface area contributed by atoms with Crippen LogP contribution in [0.5, 0.6) is 5.75 Å². The summed E-state index contributed by atoms with van der Waals surface area (Å²) in [5.41, 5.74) is 3.27. The second-order valence-corrected chi connectivity index (χ2v) is 8.81. The quantitative estimate of drug-likeness (QED) is 0.211. The van der Waals surface area contributed by atoms with Gasteiger partial charge < -0.3 is 15.0 Å². The number of nitrogens with zero attached hydrogens (tertiary/aromatic N) is 5. The van der Waals surface area contributed by atoms with E-state index in [9.17, 15) is 10.1 Å². The van der Waals surface area contributed by atoms with Gasteiger partial charge in [-0.25, -0.2) is 5.06 Å². The van der Waals surface area contributed by atoms with Gasteiger partial charge in [-0.2, -0.15) is 5.26 Å². The molecule has 0 atom stereocenters. The molecule has 4 rings (SSSR count). The van der Waals surface area contributed by atoms with Crippen molar-refractivity contribution in [2.24, 2.45) is 0 Å². The lowest BCUT2D eigenvalue weighted by molar-refractivity contribution is -0.111. The van der Waals surface area contributed by atoms with E-state index < -0.39 is 0 Å². The molecule has 0 saturated carbocycles. The van der Waals surface area contributed by atoms with Crippen LogP contribution in [0.2, 0.25) is 0 Å². The molecular weight excluding hydrogens is 492 g/mol. The summed E-state index contributed by atoms with van der Waals surface area (Å²) in [6.45, 7) is 3.06. The van der Waals surface area contributed by atoms with E-state index in [1.54, 1.807) is 29.5 Å². The van der Waals surface area contributed by atoms with E-state index in [4.69, 9.17) is 9.57 Å². The zero-order valence-corrected chi connectivity index (χ0v) is 22.2. The normalized spacial score (nSPS) is 11.1. The molecule has 2 heterocycles. The van der Waals surface area contributed by atoms with Crippen molar-refractivity contribution in [3.63, 3.8) is 0 Å². The molecule has 2 aromatic carbocycles. The lowest BCUT2D eigenvalue weighted by atomic mass is 10.1. The molecule has 0 aliphatic carbocycles. The number of nitriles is 1. The molecule has 0 fully saturated rings. The maximum Gasteiger partial charge on any atom is 0.248 e. The number of benzene rings is 2. The summed E-state index contributed by atoms with van der Waals surface area (Å²) in [6.07, 6.45) is 6.47. The van der Waals surface area contributed by atoms with Crippen LogP contribution in [0.4, 0.5) is 17.1 Å². The Morgan fingerprint density at radius 1 is 1.10 bits per heavy atom. The first kappa shape index (κ1) is 27.3. The van der Waals surface area contributed by atoms with Crippen molar-refractivity contribution < 1.29 is 14.4 Å². The van der Waals surface area contributed by atoms with Gasteiger partial charge in [0, 0.05) is 36.5 Å². The Hall–Kier alpha value is -4.78. The summed E-state index contributed by atoms with van der Waals surface area (Å²) in [4.78, 5) is 29.8. The highest BCUT2D eigenvalue weighted by Gasteiger charge is 2.22. The van der Waals surface area contributed by atoms with Crippen LogP contribution in [-0.4, -0.2) is 48.0 Å². The third-order valence-electron chi connectivity index (χ3n) is 5.62. The Kier molecular flexibility index (Phi) is 9.19. The van der Waals surface area contributed by atoms with E-state index >= 15 is 0 Å². The fourth-order valence-corrected chi connectivity index (χ4v) is 3.87. The highest BCUT2D eigenvalue weighted by atomic mass is 16.7. The van der Waals surface area contributed by atoms with Gasteiger partial charge in [0.25, 0.3) is 0 Å². The van der Waals surface area contributed by atoms with Crippen molar-refractivity contribution in [2.75, 3.05) is 37.6 Å². The molecule has 0 saturated heterocycles. The highest BCUT2D eigenvalue weighted by molar-refractivity contribution is 6.05. The van der Waals surface area contributed by atoms with Crippen LogP contribution in [0.3, 0.4) is 0 Å². The zero-order valence-electron chi connectivity index (χ0n) is 22.2. The van der Waals surface area contributed by atoms with E-state index in [0.29, 0.717) is 52.4 Å². The number of hydrogen-bond acceptors (Lipinski definition) is 8. The Labute approximate surface area is 227 Å².